The number of rotatable bonds is 2. The van der Waals surface area contributed by atoms with Crippen LogP contribution in [0.5, 0.6) is 0 Å². The molecular weight excluding hydrogens is 228 g/mol. The fraction of sp³-hybridized carbons (Fsp3) is 0.571. The van der Waals surface area contributed by atoms with Crippen LogP contribution in [0, 0.1) is 0 Å². The van der Waals surface area contributed by atoms with Crippen molar-refractivity contribution < 1.29 is 0 Å². The Morgan fingerprint density at radius 2 is 2.18 bits per heavy atom. The third-order valence-corrected chi connectivity index (χ3v) is 3.94. The molecule has 1 saturated heterocycles. The summed E-state index contributed by atoms with van der Waals surface area (Å²) in [5.74, 6) is 0. The fourth-order valence-corrected chi connectivity index (χ4v) is 2.79. The van der Waals surface area contributed by atoms with Crippen LogP contribution in [0.1, 0.15) is 20.3 Å². The summed E-state index contributed by atoms with van der Waals surface area (Å²) in [5.41, 5.74) is 1.56. The summed E-state index contributed by atoms with van der Waals surface area (Å²) in [4.78, 5) is 3.84. The summed E-state index contributed by atoms with van der Waals surface area (Å²) in [5, 5.41) is 3.60. The Hall–Kier alpha value is -0.670. The Labute approximate surface area is 109 Å². The van der Waals surface area contributed by atoms with Crippen molar-refractivity contribution in [3.8, 4) is 0 Å². The normalized spacial score (nSPS) is 20.1. The Morgan fingerprint density at radius 1 is 1.35 bits per heavy atom. The van der Waals surface area contributed by atoms with E-state index in [1.807, 2.05) is 11.8 Å². The Balaban J connectivity index is 2.19. The number of hydrogen-bond acceptors (Lipinski definition) is 3. The molecule has 1 aromatic rings. The topological polar surface area (TPSA) is 15.3 Å². The Kier molecular flexibility index (Phi) is 4.00. The van der Waals surface area contributed by atoms with Crippen molar-refractivity contribution in [3.05, 3.63) is 24.3 Å². The van der Waals surface area contributed by atoms with Crippen molar-refractivity contribution in [2.45, 2.75) is 30.7 Å². The van der Waals surface area contributed by atoms with Crippen LogP contribution in [0.4, 0.5) is 5.69 Å². The highest BCUT2D eigenvalue weighted by atomic mass is 32.2. The second kappa shape index (κ2) is 5.32. The highest BCUT2D eigenvalue weighted by molar-refractivity contribution is 7.98. The molecule has 1 aliphatic rings. The van der Waals surface area contributed by atoms with Crippen molar-refractivity contribution in [1.82, 2.24) is 5.32 Å². The van der Waals surface area contributed by atoms with Gasteiger partial charge in [0.1, 0.15) is 0 Å². The molecular formula is C14H22N2S. The molecule has 0 atom stereocenters. The standard InChI is InChI=1S/C14H22N2S/c1-14(2)11-16(9-5-8-15-14)12-6-4-7-13(10-12)17-3/h4,6-7,10,15H,5,8-9,11H2,1-3H3. The maximum absolute atomic E-state index is 3.60. The lowest BCUT2D eigenvalue weighted by Gasteiger charge is -2.31. The molecule has 1 aromatic carbocycles. The van der Waals surface area contributed by atoms with E-state index >= 15 is 0 Å². The molecule has 17 heavy (non-hydrogen) atoms. The maximum atomic E-state index is 3.60. The van der Waals surface area contributed by atoms with Crippen molar-refractivity contribution in [1.29, 1.82) is 0 Å². The summed E-state index contributed by atoms with van der Waals surface area (Å²) < 4.78 is 0. The van der Waals surface area contributed by atoms with E-state index in [1.54, 1.807) is 0 Å². The first-order chi connectivity index (χ1) is 8.11. The van der Waals surface area contributed by atoms with Gasteiger partial charge in [0.05, 0.1) is 0 Å². The van der Waals surface area contributed by atoms with Gasteiger partial charge >= 0.3 is 0 Å². The lowest BCUT2D eigenvalue weighted by molar-refractivity contribution is 0.416. The van der Waals surface area contributed by atoms with Gasteiger partial charge in [0.15, 0.2) is 0 Å². The van der Waals surface area contributed by atoms with Gasteiger partial charge in [0.2, 0.25) is 0 Å². The molecule has 1 fully saturated rings. The van der Waals surface area contributed by atoms with Crippen LogP contribution in [-0.4, -0.2) is 31.4 Å². The fourth-order valence-electron chi connectivity index (χ4n) is 2.34. The minimum Gasteiger partial charge on any atom is -0.370 e. The van der Waals surface area contributed by atoms with E-state index in [1.165, 1.54) is 17.0 Å². The van der Waals surface area contributed by atoms with Gasteiger partial charge < -0.3 is 10.2 Å². The maximum Gasteiger partial charge on any atom is 0.0378 e. The summed E-state index contributed by atoms with van der Waals surface area (Å²) in [7, 11) is 0. The molecule has 94 valence electrons. The first-order valence-electron chi connectivity index (χ1n) is 6.25. The largest absolute Gasteiger partial charge is 0.370 e. The van der Waals surface area contributed by atoms with E-state index < -0.39 is 0 Å². The number of nitrogens with one attached hydrogen (secondary N) is 1. The third kappa shape index (κ3) is 3.39. The molecule has 2 nitrogen and oxygen atoms in total. The molecule has 1 heterocycles. The number of nitrogens with zero attached hydrogens (tertiary/aromatic N) is 1. The molecule has 3 heteroatoms. The van der Waals surface area contributed by atoms with Crippen LogP contribution in [0.3, 0.4) is 0 Å². The van der Waals surface area contributed by atoms with Gasteiger partial charge in [-0.25, -0.2) is 0 Å². The van der Waals surface area contributed by atoms with Crippen molar-refractivity contribution in [2.75, 3.05) is 30.8 Å². The van der Waals surface area contributed by atoms with Crippen molar-refractivity contribution >= 4 is 17.4 Å². The van der Waals surface area contributed by atoms with Gasteiger partial charge in [-0.05, 0) is 51.3 Å². The Bertz CT molecular complexity index is 376. The van der Waals surface area contributed by atoms with Gasteiger partial charge in [-0.15, -0.1) is 11.8 Å². The average Bonchev–Trinajstić information content (AvgIpc) is 2.50. The number of hydrogen-bond donors (Lipinski definition) is 1. The van der Waals surface area contributed by atoms with E-state index in [4.69, 9.17) is 0 Å². The third-order valence-electron chi connectivity index (χ3n) is 3.21. The summed E-state index contributed by atoms with van der Waals surface area (Å²) in [6.45, 7) is 7.90. The first-order valence-corrected chi connectivity index (χ1v) is 7.47. The predicted octanol–water partition coefficient (Wildman–Crippen LogP) is 2.99. The molecule has 0 amide bonds. The molecule has 0 aliphatic carbocycles. The molecule has 0 bridgehead atoms. The van der Waals surface area contributed by atoms with Crippen molar-refractivity contribution in [3.63, 3.8) is 0 Å². The average molecular weight is 250 g/mol. The van der Waals surface area contributed by atoms with Crippen LogP contribution in [0.2, 0.25) is 0 Å². The highest BCUT2D eigenvalue weighted by Gasteiger charge is 2.24. The first kappa shape index (κ1) is 12.8. The monoisotopic (exact) mass is 250 g/mol. The van der Waals surface area contributed by atoms with Crippen LogP contribution in [0.15, 0.2) is 29.2 Å². The number of anilines is 1. The molecule has 0 aromatic heterocycles. The smallest absolute Gasteiger partial charge is 0.0378 e. The number of benzene rings is 1. The second-order valence-corrected chi connectivity index (χ2v) is 6.17. The zero-order valence-electron chi connectivity index (χ0n) is 11.0. The SMILES string of the molecule is CSc1cccc(N2CCCNC(C)(C)C2)c1. The van der Waals surface area contributed by atoms with Gasteiger partial charge in [0, 0.05) is 29.2 Å². The number of thioether (sulfide) groups is 1. The van der Waals surface area contributed by atoms with E-state index in [-0.39, 0.29) is 5.54 Å². The molecule has 0 spiro atoms. The van der Waals surface area contributed by atoms with E-state index in [0.717, 1.165) is 19.6 Å². The molecule has 0 saturated carbocycles. The van der Waals surface area contributed by atoms with Gasteiger partial charge in [0.25, 0.3) is 0 Å². The minimum atomic E-state index is 0.200. The van der Waals surface area contributed by atoms with E-state index in [0.29, 0.717) is 0 Å². The van der Waals surface area contributed by atoms with Gasteiger partial charge in [-0.3, -0.25) is 0 Å². The van der Waals surface area contributed by atoms with Gasteiger partial charge in [-0.2, -0.15) is 0 Å². The van der Waals surface area contributed by atoms with Crippen LogP contribution >= 0.6 is 11.8 Å². The zero-order valence-corrected chi connectivity index (χ0v) is 11.8. The predicted molar refractivity (Wildman–Crippen MR) is 77.1 cm³/mol. The van der Waals surface area contributed by atoms with Crippen LogP contribution in [0.25, 0.3) is 0 Å². The van der Waals surface area contributed by atoms with Gasteiger partial charge in [-0.1, -0.05) is 6.07 Å². The van der Waals surface area contributed by atoms with Crippen LogP contribution < -0.4 is 10.2 Å². The van der Waals surface area contributed by atoms with E-state index in [2.05, 4.69) is 54.6 Å². The second-order valence-electron chi connectivity index (χ2n) is 5.29. The summed E-state index contributed by atoms with van der Waals surface area (Å²) in [6, 6.07) is 8.86. The molecule has 1 N–H and O–H groups in total. The Morgan fingerprint density at radius 3 is 2.94 bits per heavy atom. The lowest BCUT2D eigenvalue weighted by atomic mass is 10.1. The molecule has 0 radical (unpaired) electrons. The van der Waals surface area contributed by atoms with Crippen molar-refractivity contribution in [2.24, 2.45) is 0 Å². The summed E-state index contributed by atoms with van der Waals surface area (Å²) in [6.07, 6.45) is 3.35. The molecule has 1 aliphatic heterocycles. The highest BCUT2D eigenvalue weighted by Crippen LogP contribution is 2.24. The quantitative estimate of drug-likeness (QED) is 0.812. The zero-order chi connectivity index (χ0) is 12.3. The minimum absolute atomic E-state index is 0.200. The summed E-state index contributed by atoms with van der Waals surface area (Å²) >= 11 is 1.81. The molecule has 2 rings (SSSR count). The molecule has 0 unspecified atom stereocenters. The lowest BCUT2D eigenvalue weighted by Crippen LogP contribution is -2.46. The van der Waals surface area contributed by atoms with Crippen LogP contribution in [-0.2, 0) is 0 Å². The van der Waals surface area contributed by atoms with E-state index in [9.17, 15) is 0 Å².